The second kappa shape index (κ2) is 9.05. The second-order valence-corrected chi connectivity index (χ2v) is 7.86. The maximum absolute atomic E-state index is 12.7. The lowest BCUT2D eigenvalue weighted by atomic mass is 9.95. The molecule has 3 aliphatic heterocycles. The number of amides is 1. The molecule has 4 rings (SSSR count). The van der Waals surface area contributed by atoms with Crippen LogP contribution in [0.3, 0.4) is 0 Å². The molecule has 0 bridgehead atoms. The summed E-state index contributed by atoms with van der Waals surface area (Å²) in [5.41, 5.74) is 1.06. The summed E-state index contributed by atoms with van der Waals surface area (Å²) in [4.78, 5) is 30.9. The fourth-order valence-electron chi connectivity index (χ4n) is 4.33. The molecule has 3 aliphatic rings. The molecule has 0 aromatic carbocycles. The highest BCUT2D eigenvalue weighted by Gasteiger charge is 2.29. The SMILES string of the molecule is CCN1CCN(c2ncc(N3CCC(C(=O)N4CCOCC4)CC3)cn2)CC1. The van der Waals surface area contributed by atoms with Gasteiger partial charge in [0, 0.05) is 58.3 Å². The molecule has 3 saturated heterocycles. The van der Waals surface area contributed by atoms with Crippen molar-refractivity contribution in [3.05, 3.63) is 12.4 Å². The van der Waals surface area contributed by atoms with E-state index in [2.05, 4.69) is 31.6 Å². The van der Waals surface area contributed by atoms with Crippen LogP contribution in [0.1, 0.15) is 19.8 Å². The highest BCUT2D eigenvalue weighted by molar-refractivity contribution is 5.79. The molecule has 0 unspecified atom stereocenters. The number of piperidine rings is 1. The summed E-state index contributed by atoms with van der Waals surface area (Å²) in [7, 11) is 0. The van der Waals surface area contributed by atoms with Gasteiger partial charge in [0.25, 0.3) is 0 Å². The first-order valence-corrected chi connectivity index (χ1v) is 10.7. The van der Waals surface area contributed by atoms with E-state index >= 15 is 0 Å². The van der Waals surface area contributed by atoms with Crippen LogP contribution in [0.25, 0.3) is 0 Å². The summed E-state index contributed by atoms with van der Waals surface area (Å²) in [6, 6.07) is 0. The molecule has 4 heterocycles. The van der Waals surface area contributed by atoms with Crippen molar-refractivity contribution in [3.63, 3.8) is 0 Å². The van der Waals surface area contributed by atoms with Gasteiger partial charge in [0.1, 0.15) is 0 Å². The van der Waals surface area contributed by atoms with E-state index < -0.39 is 0 Å². The van der Waals surface area contributed by atoms with Gasteiger partial charge in [-0.15, -0.1) is 0 Å². The number of likely N-dealkylation sites (N-methyl/N-ethyl adjacent to an activating group) is 1. The van der Waals surface area contributed by atoms with Crippen molar-refractivity contribution in [1.82, 2.24) is 19.8 Å². The van der Waals surface area contributed by atoms with Crippen LogP contribution >= 0.6 is 0 Å². The lowest BCUT2D eigenvalue weighted by molar-refractivity contribution is -0.140. The van der Waals surface area contributed by atoms with E-state index in [1.54, 1.807) is 0 Å². The van der Waals surface area contributed by atoms with Gasteiger partial charge in [-0.05, 0) is 19.4 Å². The van der Waals surface area contributed by atoms with Crippen molar-refractivity contribution in [2.45, 2.75) is 19.8 Å². The average molecular weight is 389 g/mol. The molecule has 0 aliphatic carbocycles. The van der Waals surface area contributed by atoms with Crippen molar-refractivity contribution >= 4 is 17.5 Å². The first-order valence-electron chi connectivity index (χ1n) is 10.7. The molecule has 8 heteroatoms. The number of hydrogen-bond acceptors (Lipinski definition) is 7. The number of aromatic nitrogens is 2. The van der Waals surface area contributed by atoms with Gasteiger partial charge < -0.3 is 24.3 Å². The molecule has 3 fully saturated rings. The molecular formula is C20H32N6O2. The van der Waals surface area contributed by atoms with Crippen molar-refractivity contribution in [2.75, 3.05) is 81.9 Å². The standard InChI is InChI=1S/C20H32N6O2/c1-2-23-7-9-26(10-8-23)20-21-15-18(16-22-20)24-5-3-17(4-6-24)19(27)25-11-13-28-14-12-25/h15-17H,2-14H2,1H3. The Morgan fingerprint density at radius 1 is 0.964 bits per heavy atom. The quantitative estimate of drug-likeness (QED) is 0.752. The summed E-state index contributed by atoms with van der Waals surface area (Å²) < 4.78 is 5.35. The van der Waals surface area contributed by atoms with Crippen molar-refractivity contribution in [3.8, 4) is 0 Å². The number of morpholine rings is 1. The Morgan fingerprint density at radius 2 is 1.61 bits per heavy atom. The Balaban J connectivity index is 1.28. The molecule has 0 saturated carbocycles. The van der Waals surface area contributed by atoms with Crippen LogP contribution in [0.4, 0.5) is 11.6 Å². The van der Waals surface area contributed by atoms with E-state index in [0.717, 1.165) is 83.4 Å². The van der Waals surface area contributed by atoms with E-state index in [1.165, 1.54) is 0 Å². The van der Waals surface area contributed by atoms with E-state index in [1.807, 2.05) is 17.3 Å². The summed E-state index contributed by atoms with van der Waals surface area (Å²) in [6.07, 6.45) is 5.69. The number of anilines is 2. The van der Waals surface area contributed by atoms with Crippen molar-refractivity contribution < 1.29 is 9.53 Å². The smallest absolute Gasteiger partial charge is 0.225 e. The third kappa shape index (κ3) is 4.38. The fourth-order valence-corrected chi connectivity index (χ4v) is 4.33. The lowest BCUT2D eigenvalue weighted by Crippen LogP contribution is -2.47. The zero-order chi connectivity index (χ0) is 19.3. The number of carbonyl (C=O) groups is 1. The summed E-state index contributed by atoms with van der Waals surface area (Å²) in [5.74, 6) is 1.28. The fraction of sp³-hybridized carbons (Fsp3) is 0.750. The van der Waals surface area contributed by atoms with Crippen LogP contribution < -0.4 is 9.80 Å². The second-order valence-electron chi connectivity index (χ2n) is 7.86. The van der Waals surface area contributed by atoms with Gasteiger partial charge in [-0.25, -0.2) is 9.97 Å². The van der Waals surface area contributed by atoms with Gasteiger partial charge in [0.2, 0.25) is 11.9 Å². The summed E-state index contributed by atoms with van der Waals surface area (Å²) in [5, 5.41) is 0. The van der Waals surface area contributed by atoms with E-state index in [0.29, 0.717) is 19.1 Å². The van der Waals surface area contributed by atoms with Crippen molar-refractivity contribution in [1.29, 1.82) is 0 Å². The topological polar surface area (TPSA) is 65.0 Å². The van der Waals surface area contributed by atoms with E-state index in [-0.39, 0.29) is 5.92 Å². The Hall–Kier alpha value is -1.93. The Bertz CT molecular complexity index is 633. The monoisotopic (exact) mass is 388 g/mol. The van der Waals surface area contributed by atoms with Crippen LogP contribution in [0.5, 0.6) is 0 Å². The maximum Gasteiger partial charge on any atom is 0.225 e. The van der Waals surface area contributed by atoms with Crippen molar-refractivity contribution in [2.24, 2.45) is 5.92 Å². The largest absolute Gasteiger partial charge is 0.378 e. The molecule has 0 radical (unpaired) electrons. The molecule has 154 valence electrons. The molecule has 0 atom stereocenters. The van der Waals surface area contributed by atoms with Crippen LogP contribution in [-0.2, 0) is 9.53 Å². The number of rotatable bonds is 4. The van der Waals surface area contributed by atoms with Gasteiger partial charge in [0.15, 0.2) is 0 Å². The van der Waals surface area contributed by atoms with Crippen LogP contribution in [-0.4, -0.2) is 97.8 Å². The molecule has 28 heavy (non-hydrogen) atoms. The highest BCUT2D eigenvalue weighted by Crippen LogP contribution is 2.25. The number of carbonyl (C=O) groups excluding carboxylic acids is 1. The molecule has 1 aromatic heterocycles. The number of ether oxygens (including phenoxy) is 1. The Kier molecular flexibility index (Phi) is 6.26. The van der Waals surface area contributed by atoms with Crippen LogP contribution in [0, 0.1) is 5.92 Å². The molecule has 0 N–H and O–H groups in total. The first-order chi connectivity index (χ1) is 13.7. The predicted molar refractivity (Wildman–Crippen MR) is 109 cm³/mol. The van der Waals surface area contributed by atoms with Crippen LogP contribution in [0.15, 0.2) is 12.4 Å². The van der Waals surface area contributed by atoms with Gasteiger partial charge in [0.05, 0.1) is 31.3 Å². The van der Waals surface area contributed by atoms with Gasteiger partial charge in [-0.1, -0.05) is 6.92 Å². The molecular weight excluding hydrogens is 356 g/mol. The Labute approximate surface area is 167 Å². The van der Waals surface area contributed by atoms with Gasteiger partial charge >= 0.3 is 0 Å². The number of piperazine rings is 1. The molecule has 1 aromatic rings. The third-order valence-electron chi connectivity index (χ3n) is 6.26. The van der Waals surface area contributed by atoms with Gasteiger partial charge in [-0.2, -0.15) is 0 Å². The zero-order valence-electron chi connectivity index (χ0n) is 16.9. The lowest BCUT2D eigenvalue weighted by Gasteiger charge is -2.36. The first kappa shape index (κ1) is 19.4. The molecule has 1 amide bonds. The minimum Gasteiger partial charge on any atom is -0.378 e. The third-order valence-corrected chi connectivity index (χ3v) is 6.26. The van der Waals surface area contributed by atoms with E-state index in [4.69, 9.17) is 4.74 Å². The maximum atomic E-state index is 12.7. The molecule has 8 nitrogen and oxygen atoms in total. The number of nitrogens with zero attached hydrogens (tertiary/aromatic N) is 6. The minimum absolute atomic E-state index is 0.143. The number of hydrogen-bond donors (Lipinski definition) is 0. The predicted octanol–water partition coefficient (Wildman–Crippen LogP) is 0.694. The van der Waals surface area contributed by atoms with Gasteiger partial charge in [-0.3, -0.25) is 4.79 Å². The Morgan fingerprint density at radius 3 is 2.21 bits per heavy atom. The minimum atomic E-state index is 0.143. The van der Waals surface area contributed by atoms with E-state index in [9.17, 15) is 4.79 Å². The average Bonchev–Trinajstić information content (AvgIpc) is 2.79. The normalized spacial score (nSPS) is 22.5. The zero-order valence-corrected chi connectivity index (χ0v) is 16.9. The van der Waals surface area contributed by atoms with Crippen LogP contribution in [0.2, 0.25) is 0 Å². The summed E-state index contributed by atoms with van der Waals surface area (Å²) >= 11 is 0. The summed E-state index contributed by atoms with van der Waals surface area (Å²) in [6.45, 7) is 12.0. The molecule has 0 spiro atoms. The highest BCUT2D eigenvalue weighted by atomic mass is 16.5.